The summed E-state index contributed by atoms with van der Waals surface area (Å²) in [7, 11) is -1.31. The molecule has 118 valence electrons. The summed E-state index contributed by atoms with van der Waals surface area (Å²) in [4.78, 5) is 0. The molecule has 21 heavy (non-hydrogen) atoms. The van der Waals surface area contributed by atoms with Gasteiger partial charge >= 0.3 is 0 Å². The predicted molar refractivity (Wildman–Crippen MR) is 80.6 cm³/mol. The summed E-state index contributed by atoms with van der Waals surface area (Å²) in [6.07, 6.45) is 0.648. The quantitative estimate of drug-likeness (QED) is 0.776. The van der Waals surface area contributed by atoms with Gasteiger partial charge in [0.2, 0.25) is 0 Å². The van der Waals surface area contributed by atoms with E-state index in [2.05, 4.69) is 5.32 Å². The zero-order valence-corrected chi connectivity index (χ0v) is 13.0. The minimum atomic E-state index is -2.94. The second-order valence-electron chi connectivity index (χ2n) is 5.52. The Morgan fingerprint density at radius 2 is 2.29 bits per heavy atom. The fourth-order valence-electron chi connectivity index (χ4n) is 2.87. The standard InChI is InChI=1S/C15H22FNO3S/c1-20-7-6-17-10-15(12-3-2-4-14(16)9-12)13-5-8-21(18,19)11-13/h2-4,9,13,15,17H,5-8,10-11H2,1H3. The van der Waals surface area contributed by atoms with Crippen LogP contribution < -0.4 is 5.32 Å². The van der Waals surface area contributed by atoms with Crippen LogP contribution in [-0.2, 0) is 14.6 Å². The smallest absolute Gasteiger partial charge is 0.150 e. The van der Waals surface area contributed by atoms with Crippen LogP contribution in [0.1, 0.15) is 17.9 Å². The second-order valence-corrected chi connectivity index (χ2v) is 7.75. The molecule has 0 amide bonds. The van der Waals surface area contributed by atoms with Crippen molar-refractivity contribution in [3.8, 4) is 0 Å². The Morgan fingerprint density at radius 3 is 2.90 bits per heavy atom. The zero-order valence-electron chi connectivity index (χ0n) is 12.2. The number of halogens is 1. The van der Waals surface area contributed by atoms with Gasteiger partial charge in [-0.25, -0.2) is 12.8 Å². The van der Waals surface area contributed by atoms with Crippen LogP contribution in [0.5, 0.6) is 0 Å². The molecule has 0 bridgehead atoms. The molecule has 1 aromatic carbocycles. The summed E-state index contributed by atoms with van der Waals surface area (Å²) in [6.45, 7) is 1.92. The van der Waals surface area contributed by atoms with Crippen molar-refractivity contribution in [3.05, 3.63) is 35.6 Å². The third-order valence-electron chi connectivity index (χ3n) is 3.96. The first-order valence-electron chi connectivity index (χ1n) is 7.17. The zero-order chi connectivity index (χ0) is 15.3. The number of rotatable bonds is 7. The molecule has 0 radical (unpaired) electrons. The molecule has 1 aliphatic rings. The molecule has 0 spiro atoms. The summed E-state index contributed by atoms with van der Waals surface area (Å²) >= 11 is 0. The second kappa shape index (κ2) is 7.33. The lowest BCUT2D eigenvalue weighted by Gasteiger charge is -2.23. The summed E-state index contributed by atoms with van der Waals surface area (Å²) < 4.78 is 41.9. The highest BCUT2D eigenvalue weighted by Gasteiger charge is 2.34. The molecule has 4 nitrogen and oxygen atoms in total. The van der Waals surface area contributed by atoms with Gasteiger partial charge in [-0.2, -0.15) is 0 Å². The topological polar surface area (TPSA) is 55.4 Å². The van der Waals surface area contributed by atoms with E-state index in [4.69, 9.17) is 4.74 Å². The van der Waals surface area contributed by atoms with Gasteiger partial charge in [-0.15, -0.1) is 0 Å². The maximum atomic E-state index is 13.5. The van der Waals surface area contributed by atoms with Crippen molar-refractivity contribution in [2.75, 3.05) is 38.3 Å². The summed E-state index contributed by atoms with van der Waals surface area (Å²) in [6, 6.07) is 6.46. The number of benzene rings is 1. The van der Waals surface area contributed by atoms with Gasteiger partial charge in [-0.1, -0.05) is 12.1 Å². The van der Waals surface area contributed by atoms with Crippen LogP contribution in [0, 0.1) is 11.7 Å². The van der Waals surface area contributed by atoms with E-state index >= 15 is 0 Å². The molecule has 2 atom stereocenters. The first kappa shape index (κ1) is 16.4. The number of ether oxygens (including phenoxy) is 1. The minimum Gasteiger partial charge on any atom is -0.383 e. The van der Waals surface area contributed by atoms with Gasteiger partial charge < -0.3 is 10.1 Å². The Labute approximate surface area is 125 Å². The molecule has 1 aromatic rings. The average Bonchev–Trinajstić information content (AvgIpc) is 2.79. The summed E-state index contributed by atoms with van der Waals surface area (Å²) in [5.74, 6) is 0.207. The normalized spacial score (nSPS) is 22.3. The molecule has 0 aromatic heterocycles. The van der Waals surface area contributed by atoms with E-state index in [1.165, 1.54) is 12.1 Å². The monoisotopic (exact) mass is 315 g/mol. The SMILES string of the molecule is COCCNCC(c1cccc(F)c1)C1CCS(=O)(=O)C1. The van der Waals surface area contributed by atoms with E-state index in [0.717, 1.165) is 5.56 Å². The predicted octanol–water partition coefficient (Wildman–Crippen LogP) is 1.58. The first-order chi connectivity index (χ1) is 10.0. The Bertz CT molecular complexity index is 562. The van der Waals surface area contributed by atoms with Crippen LogP contribution in [0.3, 0.4) is 0 Å². The van der Waals surface area contributed by atoms with Crippen molar-refractivity contribution in [2.24, 2.45) is 5.92 Å². The Morgan fingerprint density at radius 1 is 1.48 bits per heavy atom. The van der Waals surface area contributed by atoms with Crippen LogP contribution in [0.4, 0.5) is 4.39 Å². The molecule has 1 aliphatic heterocycles. The molecule has 0 saturated carbocycles. The van der Waals surface area contributed by atoms with Crippen LogP contribution in [0.25, 0.3) is 0 Å². The maximum Gasteiger partial charge on any atom is 0.150 e. The molecular formula is C15H22FNO3S. The van der Waals surface area contributed by atoms with Crippen LogP contribution in [0.15, 0.2) is 24.3 Å². The molecule has 0 aliphatic carbocycles. The van der Waals surface area contributed by atoms with Crippen LogP contribution in [-0.4, -0.2) is 46.7 Å². The van der Waals surface area contributed by atoms with Crippen molar-refractivity contribution >= 4 is 9.84 Å². The number of hydrogen-bond donors (Lipinski definition) is 1. The summed E-state index contributed by atoms with van der Waals surface area (Å²) in [5, 5.41) is 3.27. The van der Waals surface area contributed by atoms with Gasteiger partial charge in [0.1, 0.15) is 5.82 Å². The van der Waals surface area contributed by atoms with Crippen molar-refractivity contribution in [3.63, 3.8) is 0 Å². The Hall–Kier alpha value is -0.980. The highest BCUT2D eigenvalue weighted by Crippen LogP contribution is 2.33. The molecule has 2 unspecified atom stereocenters. The molecule has 1 N–H and O–H groups in total. The third kappa shape index (κ3) is 4.76. The van der Waals surface area contributed by atoms with E-state index in [1.807, 2.05) is 6.07 Å². The van der Waals surface area contributed by atoms with Crippen molar-refractivity contribution in [1.82, 2.24) is 5.32 Å². The van der Waals surface area contributed by atoms with Gasteiger partial charge in [0.05, 0.1) is 18.1 Å². The van der Waals surface area contributed by atoms with E-state index in [1.54, 1.807) is 13.2 Å². The lowest BCUT2D eigenvalue weighted by atomic mass is 9.85. The number of methoxy groups -OCH3 is 1. The highest BCUT2D eigenvalue weighted by atomic mass is 32.2. The van der Waals surface area contributed by atoms with Crippen molar-refractivity contribution < 1.29 is 17.5 Å². The van der Waals surface area contributed by atoms with E-state index in [-0.39, 0.29) is 29.2 Å². The van der Waals surface area contributed by atoms with Gasteiger partial charge in [0.15, 0.2) is 9.84 Å². The third-order valence-corrected chi connectivity index (χ3v) is 5.75. The molecule has 1 saturated heterocycles. The molecule has 1 fully saturated rings. The first-order valence-corrected chi connectivity index (χ1v) is 8.99. The fourth-order valence-corrected chi connectivity index (χ4v) is 4.75. The number of nitrogens with one attached hydrogen (secondary N) is 1. The molecule has 2 rings (SSSR count). The van der Waals surface area contributed by atoms with Gasteiger partial charge in [-0.05, 0) is 30.0 Å². The fraction of sp³-hybridized carbons (Fsp3) is 0.600. The van der Waals surface area contributed by atoms with Crippen molar-refractivity contribution in [1.29, 1.82) is 0 Å². The van der Waals surface area contributed by atoms with E-state index in [9.17, 15) is 12.8 Å². The van der Waals surface area contributed by atoms with Gasteiger partial charge in [-0.3, -0.25) is 0 Å². The van der Waals surface area contributed by atoms with Gasteiger partial charge in [0.25, 0.3) is 0 Å². The molecule has 6 heteroatoms. The summed E-state index contributed by atoms with van der Waals surface area (Å²) in [5.41, 5.74) is 0.863. The Balaban J connectivity index is 2.10. The highest BCUT2D eigenvalue weighted by molar-refractivity contribution is 7.91. The van der Waals surface area contributed by atoms with E-state index in [0.29, 0.717) is 26.1 Å². The average molecular weight is 315 g/mol. The number of sulfone groups is 1. The van der Waals surface area contributed by atoms with Crippen LogP contribution in [0.2, 0.25) is 0 Å². The molecular weight excluding hydrogens is 293 g/mol. The maximum absolute atomic E-state index is 13.5. The minimum absolute atomic E-state index is 0.00910. The van der Waals surface area contributed by atoms with Crippen LogP contribution >= 0.6 is 0 Å². The van der Waals surface area contributed by atoms with Crippen molar-refractivity contribution in [2.45, 2.75) is 12.3 Å². The lowest BCUT2D eigenvalue weighted by molar-refractivity contribution is 0.198. The number of hydrogen-bond acceptors (Lipinski definition) is 4. The largest absolute Gasteiger partial charge is 0.383 e. The van der Waals surface area contributed by atoms with Gasteiger partial charge in [0, 0.05) is 26.1 Å². The Kier molecular flexibility index (Phi) is 5.72. The molecule has 1 heterocycles. The van der Waals surface area contributed by atoms with E-state index < -0.39 is 9.84 Å². The lowest BCUT2D eigenvalue weighted by Crippen LogP contribution is -2.29.